The van der Waals surface area contributed by atoms with Gasteiger partial charge in [0.05, 0.1) is 0 Å². The van der Waals surface area contributed by atoms with Crippen LogP contribution in [0.2, 0.25) is 0 Å². The standard InChI is InChI=1S/C16H13NO.C13H12O.C7H5N.C7H7.2CH4.2W/c1-12-6-8-15(9-7-12)18-16-10-13-4-2-3-5-14(13)11-17-16;1-11-7-9-13(10-8-11)14-12-5-3-2-4-6-12;1-8-7-5-3-2-4-6-7;1-7-5-3-2-4-6-7;;;;/h2-11H,1H3;2-10H,1H3;1-5H;3-6H,1H3;2*1H4;;/q;;-2;-1;;;;+2. The molecule has 1 heterocycles. The van der Waals surface area contributed by atoms with Crippen molar-refractivity contribution in [3.63, 3.8) is 0 Å². The number of nitrogens with zero attached hydrogens (tertiary/aromatic N) is 2. The van der Waals surface area contributed by atoms with Gasteiger partial charge < -0.3 is 14.5 Å². The number of hydrogen-bond acceptors (Lipinski definition) is 4. The maximum Gasteiger partial charge on any atom is 2.00 e. The summed E-state index contributed by atoms with van der Waals surface area (Å²) in [6, 6.07) is 56.8. The Balaban J connectivity index is 0.000000678. The topological polar surface area (TPSA) is 43.7 Å². The maximum absolute atomic E-state index is 5.73. The summed E-state index contributed by atoms with van der Waals surface area (Å²) in [4.78, 5) is 7.72. The monoisotopic (exact) mass is 1010 g/mol. The molecule has 0 radical (unpaired) electrons. The number of ether oxygens (including phenoxy) is 2. The average molecular weight is 1010 g/mol. The number of aliphatic imine (C=N–C) groups is 1. The van der Waals surface area contributed by atoms with Crippen molar-refractivity contribution < 1.29 is 51.6 Å². The number of para-hydroxylation sites is 2. The molecule has 0 amide bonds. The van der Waals surface area contributed by atoms with Gasteiger partial charge >= 0.3 is 21.1 Å². The van der Waals surface area contributed by atoms with E-state index in [9.17, 15) is 0 Å². The van der Waals surface area contributed by atoms with E-state index >= 15 is 0 Å². The van der Waals surface area contributed by atoms with Gasteiger partial charge in [-0.05, 0) is 55.6 Å². The summed E-state index contributed by atoms with van der Waals surface area (Å²) in [6.45, 7) is 11.1. The van der Waals surface area contributed by atoms with Crippen LogP contribution in [0.4, 0.5) is 5.69 Å². The van der Waals surface area contributed by atoms with Gasteiger partial charge in [-0.1, -0.05) is 99.6 Å². The minimum Gasteiger partial charge on any atom is -0.485 e. The van der Waals surface area contributed by atoms with E-state index in [0.29, 0.717) is 11.6 Å². The van der Waals surface area contributed by atoms with Crippen LogP contribution in [0, 0.1) is 32.9 Å². The van der Waals surface area contributed by atoms with Crippen LogP contribution >= 0.6 is 0 Å². The molecule has 0 fully saturated rings. The van der Waals surface area contributed by atoms with Gasteiger partial charge in [0.2, 0.25) is 5.88 Å². The van der Waals surface area contributed by atoms with Crippen LogP contribution in [0.15, 0.2) is 169 Å². The number of benzene rings is 6. The molecule has 0 aliphatic carbocycles. The van der Waals surface area contributed by atoms with Gasteiger partial charge in [0.15, 0.2) is 0 Å². The Kier molecular flexibility index (Phi) is 23.8. The molecular formula is C45H45N2O2W2-. The van der Waals surface area contributed by atoms with Crippen LogP contribution in [0.5, 0.6) is 23.1 Å². The smallest absolute Gasteiger partial charge is 0.485 e. The van der Waals surface area contributed by atoms with Crippen LogP contribution < -0.4 is 9.47 Å². The molecular weight excluding hydrogens is 968 g/mol. The summed E-state index contributed by atoms with van der Waals surface area (Å²) in [5, 5.41) is 2.25. The average Bonchev–Trinajstić information content (AvgIpc) is 3.12. The third-order valence-corrected chi connectivity index (χ3v) is 6.57. The van der Waals surface area contributed by atoms with Gasteiger partial charge in [0.25, 0.3) is 0 Å². The zero-order chi connectivity index (χ0) is 33.1. The van der Waals surface area contributed by atoms with Gasteiger partial charge in [-0.3, -0.25) is 6.07 Å². The normalized spacial score (nSPS) is 8.92. The van der Waals surface area contributed by atoms with Crippen molar-refractivity contribution in [3.8, 4) is 23.1 Å². The molecule has 0 aliphatic heterocycles. The second-order valence-corrected chi connectivity index (χ2v) is 10.5. The Labute approximate surface area is 334 Å². The molecule has 0 saturated heterocycles. The largest absolute Gasteiger partial charge is 2.00 e. The molecule has 0 bridgehead atoms. The molecule has 0 unspecified atom stereocenters. The second-order valence-electron chi connectivity index (χ2n) is 10.5. The van der Waals surface area contributed by atoms with Crippen LogP contribution in [0.1, 0.15) is 31.5 Å². The number of aryl methyl sites for hydroxylation is 3. The van der Waals surface area contributed by atoms with E-state index in [0.717, 1.165) is 28.0 Å². The van der Waals surface area contributed by atoms with Gasteiger partial charge in [-0.25, -0.2) is 16.7 Å². The first kappa shape index (κ1) is 46.4. The molecule has 4 nitrogen and oxygen atoms in total. The van der Waals surface area contributed by atoms with Crippen molar-refractivity contribution in [1.29, 1.82) is 0 Å². The molecule has 51 heavy (non-hydrogen) atoms. The Morgan fingerprint density at radius 1 is 0.549 bits per heavy atom. The van der Waals surface area contributed by atoms with Gasteiger partial charge in [0, 0.05) is 38.7 Å². The molecule has 0 atom stereocenters. The Bertz CT molecular complexity index is 1900. The molecule has 260 valence electrons. The first-order valence-electron chi connectivity index (χ1n) is 15.2. The number of rotatable bonds is 5. The van der Waals surface area contributed by atoms with Crippen molar-refractivity contribution in [2.24, 2.45) is 4.99 Å². The number of fused-ring (bicyclic) bond motifs is 1. The predicted molar refractivity (Wildman–Crippen MR) is 208 cm³/mol. The van der Waals surface area contributed by atoms with Gasteiger partial charge in [-0.2, -0.15) is 60.8 Å². The molecule has 6 heteroatoms. The zero-order valence-electron chi connectivity index (χ0n) is 27.7. The fourth-order valence-corrected chi connectivity index (χ4v) is 4.01. The van der Waals surface area contributed by atoms with Crippen molar-refractivity contribution in [1.82, 2.24) is 4.98 Å². The number of aromatic nitrogens is 1. The molecule has 1 aromatic heterocycles. The van der Waals surface area contributed by atoms with E-state index < -0.39 is 0 Å². The van der Waals surface area contributed by atoms with Crippen molar-refractivity contribution >= 4 is 23.2 Å². The summed E-state index contributed by atoms with van der Waals surface area (Å²) >= 11 is 0. The molecule has 0 aliphatic rings. The minimum atomic E-state index is 0. The quantitative estimate of drug-likeness (QED) is 0.127. The van der Waals surface area contributed by atoms with Gasteiger partial charge in [-0.15, -0.1) is 0 Å². The van der Waals surface area contributed by atoms with Crippen molar-refractivity contribution in [3.05, 3.63) is 193 Å². The Morgan fingerprint density at radius 3 is 1.53 bits per heavy atom. The van der Waals surface area contributed by atoms with E-state index in [1.165, 1.54) is 16.7 Å². The summed E-state index contributed by atoms with van der Waals surface area (Å²) in [6.07, 6.45) is 1.83. The molecule has 0 spiro atoms. The van der Waals surface area contributed by atoms with E-state index in [1.807, 2.05) is 146 Å². The van der Waals surface area contributed by atoms with Crippen molar-refractivity contribution in [2.75, 3.05) is 0 Å². The summed E-state index contributed by atoms with van der Waals surface area (Å²) in [7, 11) is 0. The molecule has 7 rings (SSSR count). The first-order chi connectivity index (χ1) is 23.0. The zero-order valence-corrected chi connectivity index (χ0v) is 33.6. The first-order valence-corrected chi connectivity index (χ1v) is 15.2. The summed E-state index contributed by atoms with van der Waals surface area (Å²) in [5.74, 6) is 3.18. The second kappa shape index (κ2) is 26.2. The van der Waals surface area contributed by atoms with Crippen LogP contribution in [-0.2, 0) is 42.1 Å². The van der Waals surface area contributed by atoms with Crippen LogP contribution in [0.3, 0.4) is 0 Å². The molecule has 0 saturated carbocycles. The predicted octanol–water partition coefficient (Wildman–Crippen LogP) is 12.9. The summed E-state index contributed by atoms with van der Waals surface area (Å²) in [5.41, 5.74) is 4.44. The fourth-order valence-electron chi connectivity index (χ4n) is 4.01. The Morgan fingerprint density at radius 2 is 1.04 bits per heavy atom. The van der Waals surface area contributed by atoms with Crippen LogP contribution in [0.25, 0.3) is 10.8 Å². The van der Waals surface area contributed by atoms with Crippen molar-refractivity contribution in [2.45, 2.75) is 35.6 Å². The van der Waals surface area contributed by atoms with E-state index in [1.54, 1.807) is 12.1 Å². The number of hydrogen-bond donors (Lipinski definition) is 0. The van der Waals surface area contributed by atoms with E-state index in [4.69, 9.17) is 16.2 Å². The fraction of sp³-hybridized carbons (Fsp3) is 0.111. The van der Waals surface area contributed by atoms with E-state index in [-0.39, 0.29) is 57.0 Å². The van der Waals surface area contributed by atoms with Crippen LogP contribution in [-0.4, -0.2) is 11.7 Å². The Hall–Kier alpha value is -4.62. The number of pyridine rings is 1. The summed E-state index contributed by atoms with van der Waals surface area (Å²) < 4.78 is 11.4. The molecule has 6 aromatic carbocycles. The third kappa shape index (κ3) is 17.7. The van der Waals surface area contributed by atoms with E-state index in [2.05, 4.69) is 48.9 Å². The molecule has 0 N–H and O–H groups in total. The molecule has 7 aromatic rings. The third-order valence-electron chi connectivity index (χ3n) is 6.57. The minimum absolute atomic E-state index is 0. The SMILES string of the molecule is C.C.Cc1cc[c-]cc1.Cc1ccc(Oc2cc3ccccc3cn2)cc1.Cc1ccc(Oc2ccccc2)cc1.[CH-]=Nc1[c-]cccc1.[W+2].[W]. The maximum atomic E-state index is 5.73. The van der Waals surface area contributed by atoms with Gasteiger partial charge in [0.1, 0.15) is 17.2 Å².